The zero-order valence-corrected chi connectivity index (χ0v) is 12.0. The maximum atomic E-state index is 12.7. The summed E-state index contributed by atoms with van der Waals surface area (Å²) < 4.78 is 38.2. The van der Waals surface area contributed by atoms with Crippen molar-refractivity contribution in [3.8, 4) is 0 Å². The van der Waals surface area contributed by atoms with Gasteiger partial charge in [0.15, 0.2) is 0 Å². The standard InChI is InChI=1S/C14H15F3N2S/c1-8-5-11(20-9(8)2)7-19-10-3-4-13(18)12(6-10)14(15,16)17/h3-6,19H,7,18H2,1-2H3. The highest BCUT2D eigenvalue weighted by Crippen LogP contribution is 2.35. The van der Waals surface area contributed by atoms with E-state index in [-0.39, 0.29) is 5.69 Å². The molecule has 0 amide bonds. The van der Waals surface area contributed by atoms with Gasteiger partial charge in [-0.25, -0.2) is 0 Å². The Labute approximate surface area is 119 Å². The van der Waals surface area contributed by atoms with Crippen LogP contribution < -0.4 is 11.1 Å². The SMILES string of the molecule is Cc1cc(CNc2ccc(N)c(C(F)(F)F)c2)sc1C. The Hall–Kier alpha value is -1.69. The van der Waals surface area contributed by atoms with Crippen LogP contribution in [-0.4, -0.2) is 0 Å². The topological polar surface area (TPSA) is 38.0 Å². The maximum absolute atomic E-state index is 12.7. The van der Waals surface area contributed by atoms with Gasteiger partial charge in [0, 0.05) is 27.7 Å². The number of alkyl halides is 3. The van der Waals surface area contributed by atoms with Gasteiger partial charge >= 0.3 is 6.18 Å². The summed E-state index contributed by atoms with van der Waals surface area (Å²) in [5.41, 5.74) is 5.90. The van der Waals surface area contributed by atoms with Crippen LogP contribution in [0, 0.1) is 13.8 Å². The molecule has 2 aromatic rings. The number of halogens is 3. The molecule has 0 saturated carbocycles. The lowest BCUT2D eigenvalue weighted by atomic mass is 10.1. The van der Waals surface area contributed by atoms with Crippen molar-refractivity contribution in [2.24, 2.45) is 0 Å². The van der Waals surface area contributed by atoms with Gasteiger partial charge in [-0.15, -0.1) is 11.3 Å². The number of nitrogens with one attached hydrogen (secondary N) is 1. The number of anilines is 2. The van der Waals surface area contributed by atoms with Crippen LogP contribution in [0.4, 0.5) is 24.5 Å². The number of thiophene rings is 1. The fourth-order valence-corrected chi connectivity index (χ4v) is 2.83. The average Bonchev–Trinajstić information content (AvgIpc) is 2.66. The third-order valence-corrected chi connectivity index (χ3v) is 4.19. The van der Waals surface area contributed by atoms with Gasteiger partial charge in [-0.1, -0.05) is 0 Å². The van der Waals surface area contributed by atoms with E-state index in [0.29, 0.717) is 12.2 Å². The first-order valence-electron chi connectivity index (χ1n) is 6.04. The second kappa shape index (κ2) is 5.36. The lowest BCUT2D eigenvalue weighted by Gasteiger charge is -2.12. The molecule has 0 bridgehead atoms. The van der Waals surface area contributed by atoms with E-state index in [1.807, 2.05) is 19.9 Å². The predicted octanol–water partition coefficient (Wildman–Crippen LogP) is 4.58. The largest absolute Gasteiger partial charge is 0.418 e. The van der Waals surface area contributed by atoms with E-state index in [2.05, 4.69) is 5.32 Å². The Balaban J connectivity index is 2.14. The van der Waals surface area contributed by atoms with Gasteiger partial charge in [0.05, 0.1) is 5.56 Å². The van der Waals surface area contributed by atoms with E-state index in [1.54, 1.807) is 17.4 Å². The Kier molecular flexibility index (Phi) is 3.94. The van der Waals surface area contributed by atoms with Crippen molar-refractivity contribution in [2.75, 3.05) is 11.1 Å². The van der Waals surface area contributed by atoms with E-state index in [4.69, 9.17) is 5.73 Å². The summed E-state index contributed by atoms with van der Waals surface area (Å²) in [5.74, 6) is 0. The number of hydrogen-bond acceptors (Lipinski definition) is 3. The number of hydrogen-bond donors (Lipinski definition) is 2. The molecule has 0 atom stereocenters. The Morgan fingerprint density at radius 1 is 1.20 bits per heavy atom. The molecular formula is C14H15F3N2S. The Morgan fingerprint density at radius 2 is 1.90 bits per heavy atom. The van der Waals surface area contributed by atoms with Crippen molar-refractivity contribution in [2.45, 2.75) is 26.6 Å². The summed E-state index contributed by atoms with van der Waals surface area (Å²) >= 11 is 1.64. The highest BCUT2D eigenvalue weighted by Gasteiger charge is 2.33. The minimum absolute atomic E-state index is 0.258. The average molecular weight is 300 g/mol. The van der Waals surface area contributed by atoms with Gasteiger partial charge < -0.3 is 11.1 Å². The maximum Gasteiger partial charge on any atom is 0.418 e. The number of aryl methyl sites for hydroxylation is 2. The summed E-state index contributed by atoms with van der Waals surface area (Å²) in [5, 5.41) is 3.00. The van der Waals surface area contributed by atoms with E-state index in [0.717, 1.165) is 10.9 Å². The molecule has 2 nitrogen and oxygen atoms in total. The molecule has 6 heteroatoms. The van der Waals surface area contributed by atoms with Crippen molar-refractivity contribution >= 4 is 22.7 Å². The highest BCUT2D eigenvalue weighted by molar-refractivity contribution is 7.12. The zero-order valence-electron chi connectivity index (χ0n) is 11.1. The summed E-state index contributed by atoms with van der Waals surface area (Å²) in [6.45, 7) is 4.54. The van der Waals surface area contributed by atoms with E-state index in [9.17, 15) is 13.2 Å². The first-order valence-corrected chi connectivity index (χ1v) is 6.85. The van der Waals surface area contributed by atoms with Crippen molar-refractivity contribution in [3.63, 3.8) is 0 Å². The van der Waals surface area contributed by atoms with E-state index in [1.165, 1.54) is 16.5 Å². The minimum Gasteiger partial charge on any atom is -0.398 e. The molecule has 0 aliphatic heterocycles. The van der Waals surface area contributed by atoms with Crippen LogP contribution in [0.2, 0.25) is 0 Å². The summed E-state index contributed by atoms with van der Waals surface area (Å²) in [4.78, 5) is 2.31. The molecule has 0 saturated heterocycles. The molecule has 0 aliphatic rings. The molecule has 1 aromatic carbocycles. The van der Waals surface area contributed by atoms with Crippen LogP contribution in [0.3, 0.4) is 0 Å². The Morgan fingerprint density at radius 3 is 2.45 bits per heavy atom. The second-order valence-corrected chi connectivity index (χ2v) is 5.95. The predicted molar refractivity (Wildman–Crippen MR) is 77.0 cm³/mol. The van der Waals surface area contributed by atoms with Gasteiger partial charge in [0.1, 0.15) is 0 Å². The quantitative estimate of drug-likeness (QED) is 0.814. The first kappa shape index (κ1) is 14.7. The smallest absolute Gasteiger partial charge is 0.398 e. The van der Waals surface area contributed by atoms with Crippen LogP contribution in [0.1, 0.15) is 20.9 Å². The summed E-state index contributed by atoms with van der Waals surface area (Å²) in [6.07, 6.45) is -4.43. The second-order valence-electron chi connectivity index (χ2n) is 4.61. The van der Waals surface area contributed by atoms with Crippen LogP contribution >= 0.6 is 11.3 Å². The number of nitrogen functional groups attached to an aromatic ring is 1. The number of rotatable bonds is 3. The Bertz CT molecular complexity index is 598. The molecule has 0 unspecified atom stereocenters. The van der Waals surface area contributed by atoms with Crippen LogP contribution in [0.25, 0.3) is 0 Å². The van der Waals surface area contributed by atoms with Crippen molar-refractivity contribution in [3.05, 3.63) is 45.1 Å². The van der Waals surface area contributed by atoms with Crippen molar-refractivity contribution < 1.29 is 13.2 Å². The molecule has 1 aromatic heterocycles. The summed E-state index contributed by atoms with van der Waals surface area (Å²) in [7, 11) is 0. The number of benzene rings is 1. The fraction of sp³-hybridized carbons (Fsp3) is 0.286. The van der Waals surface area contributed by atoms with Gasteiger partial charge in [0.25, 0.3) is 0 Å². The molecule has 20 heavy (non-hydrogen) atoms. The molecule has 0 fully saturated rings. The number of nitrogens with two attached hydrogens (primary N) is 1. The molecule has 0 aliphatic carbocycles. The summed E-state index contributed by atoms with van der Waals surface area (Å²) in [6, 6.07) is 5.91. The third kappa shape index (κ3) is 3.25. The molecule has 2 rings (SSSR count). The van der Waals surface area contributed by atoms with Crippen LogP contribution in [-0.2, 0) is 12.7 Å². The minimum atomic E-state index is -4.43. The monoisotopic (exact) mass is 300 g/mol. The van der Waals surface area contributed by atoms with Crippen molar-refractivity contribution in [1.82, 2.24) is 0 Å². The molecule has 3 N–H and O–H groups in total. The normalized spacial score (nSPS) is 11.7. The van der Waals surface area contributed by atoms with E-state index < -0.39 is 11.7 Å². The van der Waals surface area contributed by atoms with Crippen molar-refractivity contribution in [1.29, 1.82) is 0 Å². The van der Waals surface area contributed by atoms with Gasteiger partial charge in [-0.05, 0) is 43.7 Å². The van der Waals surface area contributed by atoms with Crippen LogP contribution in [0.15, 0.2) is 24.3 Å². The van der Waals surface area contributed by atoms with Gasteiger partial charge in [0.2, 0.25) is 0 Å². The van der Waals surface area contributed by atoms with Crippen LogP contribution in [0.5, 0.6) is 0 Å². The molecule has 1 heterocycles. The molecule has 0 radical (unpaired) electrons. The van der Waals surface area contributed by atoms with Gasteiger partial charge in [-0.3, -0.25) is 0 Å². The van der Waals surface area contributed by atoms with E-state index >= 15 is 0 Å². The lowest BCUT2D eigenvalue weighted by Crippen LogP contribution is -2.10. The third-order valence-electron chi connectivity index (χ3n) is 3.04. The molecule has 108 valence electrons. The fourth-order valence-electron chi connectivity index (χ4n) is 1.84. The molecular weight excluding hydrogens is 285 g/mol. The highest BCUT2D eigenvalue weighted by atomic mass is 32.1. The van der Waals surface area contributed by atoms with Gasteiger partial charge in [-0.2, -0.15) is 13.2 Å². The lowest BCUT2D eigenvalue weighted by molar-refractivity contribution is -0.136. The first-order chi connectivity index (χ1) is 9.27. The molecule has 0 spiro atoms. The zero-order chi connectivity index (χ0) is 14.9.